The topological polar surface area (TPSA) is 9.23 Å². The molecule has 1 heterocycles. The first-order valence-electron chi connectivity index (χ1n) is 12.9. The molecule has 6 heteroatoms. The lowest BCUT2D eigenvalue weighted by Gasteiger charge is -2.39. The molecule has 2 aromatic carbocycles. The van der Waals surface area contributed by atoms with Crippen LogP contribution < -0.4 is 0 Å². The highest BCUT2D eigenvalue weighted by Crippen LogP contribution is 2.72. The quantitative estimate of drug-likeness (QED) is 0.159. The van der Waals surface area contributed by atoms with E-state index < -0.39 is 10.0 Å². The number of rotatable bonds is 14. The van der Waals surface area contributed by atoms with E-state index in [1.807, 2.05) is 0 Å². The molecule has 0 saturated carbocycles. The Morgan fingerprint density at radius 3 is 1.97 bits per heavy atom. The Labute approximate surface area is 242 Å². The first-order valence-corrected chi connectivity index (χ1v) is 18.0. The van der Waals surface area contributed by atoms with Crippen LogP contribution in [0.2, 0.25) is 0 Å². The second kappa shape index (κ2) is 13.0. The molecule has 1 unspecified atom stereocenters. The lowest BCUT2D eigenvalue weighted by Crippen LogP contribution is -2.28. The Bertz CT molecular complexity index is 942. The number of benzene rings is 2. The summed E-state index contributed by atoms with van der Waals surface area (Å²) in [7, 11) is -1.10. The van der Waals surface area contributed by atoms with E-state index in [-0.39, 0.29) is 10.3 Å². The highest BCUT2D eigenvalue weighted by Gasteiger charge is 2.38. The molecule has 0 spiro atoms. The molecule has 1 aliphatic heterocycles. The number of ether oxygens (including phenoxy) is 1. The molecule has 0 saturated heterocycles. The largest absolute Gasteiger partial charge is 0.376 e. The van der Waals surface area contributed by atoms with Crippen molar-refractivity contribution in [2.75, 3.05) is 29.6 Å². The van der Waals surface area contributed by atoms with E-state index in [9.17, 15) is 0 Å². The molecule has 0 amide bonds. The average Bonchev–Trinajstić information content (AvgIpc) is 3.09. The van der Waals surface area contributed by atoms with Crippen molar-refractivity contribution >= 4 is 66.3 Å². The molecule has 0 aromatic heterocycles. The third kappa shape index (κ3) is 7.29. The summed E-state index contributed by atoms with van der Waals surface area (Å²) in [5, 5.41) is 0. The highest BCUT2D eigenvalue weighted by molar-refractivity contribution is 9.10. The standard InChI is InChI=1S/C29H42Br2OS3/c1-6-28(3,4)32-15-14-29(5,7-2)34-17-9-19-35(18-8-16-33)26-20-22(30)10-12-24(26)25-13-11-23(31)21-27(25)35/h10-13,20-21,33H,6-9,14-19H2,1-5H3. The molecule has 0 radical (unpaired) electrons. The van der Waals surface area contributed by atoms with Crippen molar-refractivity contribution < 1.29 is 4.74 Å². The minimum Gasteiger partial charge on any atom is -0.376 e. The van der Waals surface area contributed by atoms with E-state index in [0.29, 0.717) is 0 Å². The van der Waals surface area contributed by atoms with Crippen molar-refractivity contribution in [2.24, 2.45) is 0 Å². The number of hydrogen-bond donors (Lipinski definition) is 1. The van der Waals surface area contributed by atoms with Gasteiger partial charge in [-0.3, -0.25) is 0 Å². The fourth-order valence-corrected chi connectivity index (χ4v) is 12.0. The normalized spacial score (nSPS) is 17.0. The molecule has 0 bridgehead atoms. The highest BCUT2D eigenvalue weighted by atomic mass is 79.9. The molecule has 0 aliphatic carbocycles. The maximum absolute atomic E-state index is 6.20. The van der Waals surface area contributed by atoms with Gasteiger partial charge in [0.25, 0.3) is 0 Å². The molecular weight excluding hydrogens is 620 g/mol. The van der Waals surface area contributed by atoms with Crippen LogP contribution in [0.25, 0.3) is 11.1 Å². The first kappa shape index (κ1) is 30.0. The third-order valence-electron chi connectivity index (χ3n) is 7.48. The lowest BCUT2D eigenvalue weighted by atomic mass is 10.0. The molecular formula is C29H42Br2OS3. The van der Waals surface area contributed by atoms with Gasteiger partial charge in [0.15, 0.2) is 0 Å². The van der Waals surface area contributed by atoms with Crippen LogP contribution >= 0.6 is 66.3 Å². The molecule has 35 heavy (non-hydrogen) atoms. The number of hydrogen-bond acceptors (Lipinski definition) is 3. The Balaban J connectivity index is 1.77. The SMILES string of the molecule is CCC(C)(C)OCCC(C)(CC)SCCCS1(CCCS)c2cc(Br)ccc2-c2ccc(Br)cc21. The molecule has 1 atom stereocenters. The summed E-state index contributed by atoms with van der Waals surface area (Å²) in [4.78, 5) is 3.14. The molecule has 0 fully saturated rings. The zero-order valence-corrected chi connectivity index (χ0v) is 27.7. The number of halogens is 2. The fraction of sp³-hybridized carbons (Fsp3) is 0.586. The number of thiol groups is 1. The van der Waals surface area contributed by atoms with E-state index in [0.717, 1.165) is 31.6 Å². The van der Waals surface area contributed by atoms with Crippen molar-refractivity contribution in [3.05, 3.63) is 45.3 Å². The average molecular weight is 663 g/mol. The molecule has 1 nitrogen and oxygen atoms in total. The Morgan fingerprint density at radius 1 is 0.886 bits per heavy atom. The first-order chi connectivity index (χ1) is 16.6. The summed E-state index contributed by atoms with van der Waals surface area (Å²) >= 11 is 14.3. The zero-order chi connectivity index (χ0) is 25.7. The smallest absolute Gasteiger partial charge is 0.0623 e. The van der Waals surface area contributed by atoms with Crippen molar-refractivity contribution in [1.82, 2.24) is 0 Å². The maximum Gasteiger partial charge on any atom is 0.0623 e. The minimum absolute atomic E-state index is 0.0200. The predicted molar refractivity (Wildman–Crippen MR) is 170 cm³/mol. The number of fused-ring (bicyclic) bond motifs is 3. The van der Waals surface area contributed by atoms with Crippen LogP contribution in [0, 0.1) is 0 Å². The van der Waals surface area contributed by atoms with Crippen LogP contribution in [0.5, 0.6) is 0 Å². The van der Waals surface area contributed by atoms with Crippen LogP contribution in [0.4, 0.5) is 0 Å². The van der Waals surface area contributed by atoms with Crippen LogP contribution in [0.15, 0.2) is 55.1 Å². The Morgan fingerprint density at radius 2 is 1.46 bits per heavy atom. The summed E-state index contributed by atoms with van der Waals surface area (Å²) in [5.74, 6) is 4.61. The second-order valence-electron chi connectivity index (χ2n) is 10.4. The van der Waals surface area contributed by atoms with Gasteiger partial charge in [-0.2, -0.15) is 34.4 Å². The minimum atomic E-state index is -1.10. The van der Waals surface area contributed by atoms with Gasteiger partial charge >= 0.3 is 0 Å². The van der Waals surface area contributed by atoms with Gasteiger partial charge in [0.2, 0.25) is 0 Å². The lowest BCUT2D eigenvalue weighted by molar-refractivity contribution is -0.0236. The van der Waals surface area contributed by atoms with E-state index in [4.69, 9.17) is 4.74 Å². The Hall–Kier alpha value is 0.410. The molecule has 2 aromatic rings. The molecule has 196 valence electrons. The van der Waals surface area contributed by atoms with Crippen molar-refractivity contribution in [3.8, 4) is 11.1 Å². The van der Waals surface area contributed by atoms with E-state index in [1.54, 1.807) is 9.79 Å². The van der Waals surface area contributed by atoms with Crippen molar-refractivity contribution in [3.63, 3.8) is 0 Å². The molecule has 1 aliphatic rings. The Kier molecular flexibility index (Phi) is 11.1. The van der Waals surface area contributed by atoms with Crippen molar-refractivity contribution in [2.45, 2.75) is 86.9 Å². The van der Waals surface area contributed by atoms with Gasteiger partial charge in [-0.1, -0.05) is 64.8 Å². The van der Waals surface area contributed by atoms with Crippen LogP contribution in [0.3, 0.4) is 0 Å². The molecule has 0 N–H and O–H groups in total. The van der Waals surface area contributed by atoms with Gasteiger partial charge < -0.3 is 4.74 Å². The predicted octanol–water partition coefficient (Wildman–Crippen LogP) is 10.6. The summed E-state index contributed by atoms with van der Waals surface area (Å²) < 4.78 is 8.85. The van der Waals surface area contributed by atoms with Crippen molar-refractivity contribution in [1.29, 1.82) is 0 Å². The van der Waals surface area contributed by atoms with E-state index >= 15 is 0 Å². The zero-order valence-electron chi connectivity index (χ0n) is 22.0. The third-order valence-corrected chi connectivity index (χ3v) is 14.8. The summed E-state index contributed by atoms with van der Waals surface area (Å²) in [5.41, 5.74) is 2.85. The fourth-order valence-electron chi connectivity index (χ4n) is 4.68. The maximum atomic E-state index is 6.20. The van der Waals surface area contributed by atoms with Gasteiger partial charge in [0.1, 0.15) is 0 Å². The second-order valence-corrected chi connectivity index (χ2v) is 17.8. The number of thioether (sulfide) groups is 1. The molecule has 3 rings (SSSR count). The van der Waals surface area contributed by atoms with Gasteiger partial charge in [-0.05, 0) is 104 Å². The van der Waals surface area contributed by atoms with Gasteiger partial charge in [0, 0.05) is 30.1 Å². The van der Waals surface area contributed by atoms with Crippen LogP contribution in [-0.4, -0.2) is 40.0 Å². The van der Waals surface area contributed by atoms with Gasteiger partial charge in [-0.25, -0.2) is 0 Å². The summed E-state index contributed by atoms with van der Waals surface area (Å²) in [6.07, 6.45) is 5.73. The van der Waals surface area contributed by atoms with Gasteiger partial charge in [-0.15, -0.1) is 0 Å². The van der Waals surface area contributed by atoms with E-state index in [1.165, 1.54) is 50.2 Å². The monoisotopic (exact) mass is 660 g/mol. The van der Waals surface area contributed by atoms with E-state index in [2.05, 4.69) is 127 Å². The summed E-state index contributed by atoms with van der Waals surface area (Å²) in [6, 6.07) is 13.9. The van der Waals surface area contributed by atoms with Crippen LogP contribution in [-0.2, 0) is 4.74 Å². The van der Waals surface area contributed by atoms with Gasteiger partial charge in [0.05, 0.1) is 5.60 Å². The van der Waals surface area contributed by atoms with Crippen LogP contribution in [0.1, 0.15) is 66.7 Å². The summed E-state index contributed by atoms with van der Waals surface area (Å²) in [6.45, 7) is 12.2.